The molecule has 0 bridgehead atoms. The molecule has 0 aromatic heterocycles. The van der Waals surface area contributed by atoms with Crippen LogP contribution in [-0.4, -0.2) is 35.0 Å². The summed E-state index contributed by atoms with van der Waals surface area (Å²) in [7, 11) is 0. The summed E-state index contributed by atoms with van der Waals surface area (Å²) in [4.78, 5) is 25.3. The van der Waals surface area contributed by atoms with Gasteiger partial charge >= 0.3 is 5.97 Å². The maximum atomic E-state index is 12.3. The quantitative estimate of drug-likeness (QED) is 0.589. The Morgan fingerprint density at radius 3 is 1.75 bits per heavy atom. The minimum absolute atomic E-state index is 0.0235. The van der Waals surface area contributed by atoms with Gasteiger partial charge in [-0.2, -0.15) is 0 Å². The first kappa shape index (κ1) is 18.9. The molecule has 0 saturated carbocycles. The molecule has 0 aromatic rings. The molecule has 0 aliphatic carbocycles. The average Bonchev–Trinajstić information content (AvgIpc) is 2.36. The summed E-state index contributed by atoms with van der Waals surface area (Å²) in [5, 5.41) is 9.13. The fourth-order valence-corrected chi connectivity index (χ4v) is 2.03. The van der Waals surface area contributed by atoms with Crippen LogP contribution < -0.4 is 0 Å². The second kappa shape index (κ2) is 9.78. The van der Waals surface area contributed by atoms with Crippen LogP contribution >= 0.6 is 0 Å². The molecule has 0 rings (SSSR count). The number of hydrogen-bond donors (Lipinski definition) is 1. The van der Waals surface area contributed by atoms with Gasteiger partial charge in [0.05, 0.1) is 5.41 Å². The highest BCUT2D eigenvalue weighted by Gasteiger charge is 2.31. The second-order valence-corrected chi connectivity index (χ2v) is 6.16. The summed E-state index contributed by atoms with van der Waals surface area (Å²) in [6, 6.07) is 0. The van der Waals surface area contributed by atoms with E-state index >= 15 is 0 Å². The van der Waals surface area contributed by atoms with Crippen LogP contribution in [0.3, 0.4) is 0 Å². The van der Waals surface area contributed by atoms with Gasteiger partial charge in [0.15, 0.2) is 0 Å². The summed E-state index contributed by atoms with van der Waals surface area (Å²) in [6.07, 6.45) is 6.55. The van der Waals surface area contributed by atoms with Crippen molar-refractivity contribution in [1.82, 2.24) is 4.90 Å². The van der Waals surface area contributed by atoms with Crippen LogP contribution in [0.4, 0.5) is 0 Å². The number of carbonyl (C=O) groups excluding carboxylic acids is 1. The van der Waals surface area contributed by atoms with E-state index in [1.54, 1.807) is 13.8 Å². The van der Waals surface area contributed by atoms with E-state index in [1.807, 2.05) is 4.90 Å². The predicted octanol–water partition coefficient (Wildman–Crippen LogP) is 3.70. The SMILES string of the molecule is CCCCCN(CCCCC)C(=O)CC(C)(C)C(=O)O. The molecule has 0 aliphatic heterocycles. The molecule has 4 heteroatoms. The lowest BCUT2D eigenvalue weighted by Gasteiger charge is -2.27. The standard InChI is InChI=1S/C16H31NO3/c1-5-7-9-11-17(12-10-8-6-2)14(18)13-16(3,4)15(19)20/h5-13H2,1-4H3,(H,19,20). The lowest BCUT2D eigenvalue weighted by Crippen LogP contribution is -2.38. The molecule has 20 heavy (non-hydrogen) atoms. The average molecular weight is 285 g/mol. The van der Waals surface area contributed by atoms with Gasteiger partial charge in [0, 0.05) is 19.5 Å². The number of hydrogen-bond acceptors (Lipinski definition) is 2. The number of nitrogens with zero attached hydrogens (tertiary/aromatic N) is 1. The van der Waals surface area contributed by atoms with Crippen LogP contribution in [0.1, 0.15) is 72.6 Å². The lowest BCUT2D eigenvalue weighted by atomic mass is 9.89. The molecule has 0 spiro atoms. The Morgan fingerprint density at radius 2 is 1.40 bits per heavy atom. The van der Waals surface area contributed by atoms with Crippen molar-refractivity contribution in [3.05, 3.63) is 0 Å². The first-order valence-electron chi connectivity index (χ1n) is 7.86. The summed E-state index contributed by atoms with van der Waals surface area (Å²) in [5.41, 5.74) is -0.981. The summed E-state index contributed by atoms with van der Waals surface area (Å²) in [5.74, 6) is -0.933. The predicted molar refractivity (Wildman–Crippen MR) is 81.7 cm³/mol. The number of carbonyl (C=O) groups is 2. The van der Waals surface area contributed by atoms with Crippen molar-refractivity contribution in [3.8, 4) is 0 Å². The highest BCUT2D eigenvalue weighted by molar-refractivity contribution is 5.84. The van der Waals surface area contributed by atoms with Crippen molar-refractivity contribution >= 4 is 11.9 Å². The Hall–Kier alpha value is -1.06. The number of carboxylic acid groups (broad SMARTS) is 1. The van der Waals surface area contributed by atoms with Crippen molar-refractivity contribution in [3.63, 3.8) is 0 Å². The Labute approximate surface area is 123 Å². The van der Waals surface area contributed by atoms with Gasteiger partial charge in [-0.3, -0.25) is 9.59 Å². The van der Waals surface area contributed by atoms with Gasteiger partial charge in [-0.15, -0.1) is 0 Å². The van der Waals surface area contributed by atoms with E-state index < -0.39 is 11.4 Å². The third kappa shape index (κ3) is 7.51. The van der Waals surface area contributed by atoms with Gasteiger partial charge in [-0.05, 0) is 26.7 Å². The van der Waals surface area contributed by atoms with E-state index in [4.69, 9.17) is 5.11 Å². The molecule has 0 heterocycles. The van der Waals surface area contributed by atoms with Crippen molar-refractivity contribution in [2.24, 2.45) is 5.41 Å². The Balaban J connectivity index is 4.48. The van der Waals surface area contributed by atoms with Crippen LogP contribution in [0.2, 0.25) is 0 Å². The van der Waals surface area contributed by atoms with Crippen molar-refractivity contribution in [2.75, 3.05) is 13.1 Å². The Morgan fingerprint density at radius 1 is 0.950 bits per heavy atom. The minimum Gasteiger partial charge on any atom is -0.481 e. The molecule has 0 fully saturated rings. The maximum absolute atomic E-state index is 12.3. The number of carboxylic acids is 1. The Kier molecular flexibility index (Phi) is 9.26. The van der Waals surface area contributed by atoms with E-state index in [2.05, 4.69) is 13.8 Å². The monoisotopic (exact) mass is 285 g/mol. The van der Waals surface area contributed by atoms with Crippen molar-refractivity contribution in [1.29, 1.82) is 0 Å². The normalized spacial score (nSPS) is 11.4. The molecular formula is C16H31NO3. The largest absolute Gasteiger partial charge is 0.481 e. The van der Waals surface area contributed by atoms with E-state index in [-0.39, 0.29) is 12.3 Å². The van der Waals surface area contributed by atoms with E-state index in [0.717, 1.165) is 51.6 Å². The molecule has 0 aliphatic rings. The fourth-order valence-electron chi connectivity index (χ4n) is 2.03. The zero-order chi connectivity index (χ0) is 15.6. The maximum Gasteiger partial charge on any atom is 0.309 e. The van der Waals surface area contributed by atoms with Crippen LogP contribution in [0.25, 0.3) is 0 Å². The number of rotatable bonds is 11. The first-order chi connectivity index (χ1) is 9.35. The molecule has 1 N–H and O–H groups in total. The van der Waals surface area contributed by atoms with Crippen molar-refractivity contribution in [2.45, 2.75) is 72.6 Å². The summed E-state index contributed by atoms with van der Waals surface area (Å²) < 4.78 is 0. The van der Waals surface area contributed by atoms with Gasteiger partial charge in [0.1, 0.15) is 0 Å². The van der Waals surface area contributed by atoms with Gasteiger partial charge in [0.25, 0.3) is 0 Å². The molecule has 0 aromatic carbocycles. The van der Waals surface area contributed by atoms with E-state index in [1.165, 1.54) is 0 Å². The third-order valence-electron chi connectivity index (χ3n) is 3.59. The van der Waals surface area contributed by atoms with Crippen LogP contribution in [-0.2, 0) is 9.59 Å². The molecule has 0 unspecified atom stereocenters. The van der Waals surface area contributed by atoms with Crippen LogP contribution in [0, 0.1) is 5.41 Å². The summed E-state index contributed by atoms with van der Waals surface area (Å²) >= 11 is 0. The van der Waals surface area contributed by atoms with Crippen LogP contribution in [0.15, 0.2) is 0 Å². The van der Waals surface area contributed by atoms with Crippen LogP contribution in [0.5, 0.6) is 0 Å². The van der Waals surface area contributed by atoms with Gasteiger partial charge in [-0.25, -0.2) is 0 Å². The zero-order valence-electron chi connectivity index (χ0n) is 13.6. The number of aliphatic carboxylic acids is 1. The molecular weight excluding hydrogens is 254 g/mol. The number of unbranched alkanes of at least 4 members (excludes halogenated alkanes) is 4. The molecule has 0 saturated heterocycles. The van der Waals surface area contributed by atoms with E-state index in [9.17, 15) is 9.59 Å². The van der Waals surface area contributed by atoms with Gasteiger partial charge in [0.2, 0.25) is 5.91 Å². The molecule has 1 amide bonds. The molecule has 0 atom stereocenters. The third-order valence-corrected chi connectivity index (χ3v) is 3.59. The molecule has 118 valence electrons. The first-order valence-corrected chi connectivity index (χ1v) is 7.86. The number of amides is 1. The fraction of sp³-hybridized carbons (Fsp3) is 0.875. The molecule has 0 radical (unpaired) electrons. The van der Waals surface area contributed by atoms with Gasteiger partial charge < -0.3 is 10.0 Å². The smallest absolute Gasteiger partial charge is 0.309 e. The minimum atomic E-state index is -0.981. The summed E-state index contributed by atoms with van der Waals surface area (Å²) in [6.45, 7) is 9.01. The topological polar surface area (TPSA) is 57.6 Å². The second-order valence-electron chi connectivity index (χ2n) is 6.16. The zero-order valence-corrected chi connectivity index (χ0v) is 13.6. The van der Waals surface area contributed by atoms with Crippen molar-refractivity contribution < 1.29 is 14.7 Å². The highest BCUT2D eigenvalue weighted by Crippen LogP contribution is 2.22. The lowest BCUT2D eigenvalue weighted by molar-refractivity contribution is -0.151. The Bertz CT molecular complexity index is 290. The molecule has 4 nitrogen and oxygen atoms in total. The highest BCUT2D eigenvalue weighted by atomic mass is 16.4. The van der Waals surface area contributed by atoms with E-state index in [0.29, 0.717) is 0 Å². The van der Waals surface area contributed by atoms with Gasteiger partial charge in [-0.1, -0.05) is 39.5 Å².